The first-order chi connectivity index (χ1) is 17.0. The van der Waals surface area contributed by atoms with Crippen LogP contribution in [-0.2, 0) is 0 Å². The zero-order chi connectivity index (χ0) is 24.5. The number of methoxy groups -OCH3 is 2. The summed E-state index contributed by atoms with van der Waals surface area (Å²) in [6.45, 7) is 4.29. The van der Waals surface area contributed by atoms with Gasteiger partial charge in [0.25, 0.3) is 0 Å². The molecule has 35 heavy (non-hydrogen) atoms. The van der Waals surface area contributed by atoms with Crippen LogP contribution in [0.15, 0.2) is 79.0 Å². The van der Waals surface area contributed by atoms with E-state index in [0.717, 1.165) is 40.0 Å². The van der Waals surface area contributed by atoms with Crippen LogP contribution in [0.2, 0.25) is 0 Å². The lowest BCUT2D eigenvalue weighted by Gasteiger charge is -2.29. The van der Waals surface area contributed by atoms with E-state index in [4.69, 9.17) is 21.7 Å². The van der Waals surface area contributed by atoms with Gasteiger partial charge >= 0.3 is 0 Å². The molecule has 0 saturated carbocycles. The average Bonchev–Trinajstić information content (AvgIpc) is 3.39. The number of nitrogens with zero attached hydrogens (tertiary/aromatic N) is 3. The molecule has 2 atom stereocenters. The molecule has 0 spiro atoms. The number of rotatable bonds is 6. The SMILES string of the molecule is COc1ccc(-n2c(C)cc([C@@H]3[C@@H](c4ccccn4)NC(=S)N3c3ccccc3OC)c2C)cc1. The first kappa shape index (κ1) is 22.9. The summed E-state index contributed by atoms with van der Waals surface area (Å²) in [7, 11) is 3.37. The minimum absolute atomic E-state index is 0.119. The Labute approximate surface area is 211 Å². The van der Waals surface area contributed by atoms with E-state index in [1.807, 2.05) is 60.8 Å². The summed E-state index contributed by atoms with van der Waals surface area (Å²) in [6, 6.07) is 24.1. The molecule has 0 amide bonds. The molecule has 1 fully saturated rings. The van der Waals surface area contributed by atoms with Gasteiger partial charge in [-0.3, -0.25) is 4.98 Å². The normalized spacial score (nSPS) is 17.4. The molecule has 2 aromatic carbocycles. The zero-order valence-corrected chi connectivity index (χ0v) is 21.0. The van der Waals surface area contributed by atoms with Crippen LogP contribution in [0.3, 0.4) is 0 Å². The maximum absolute atomic E-state index is 5.90. The molecule has 6 nitrogen and oxygen atoms in total. The topological polar surface area (TPSA) is 51.5 Å². The number of benzene rings is 2. The highest BCUT2D eigenvalue weighted by Gasteiger charge is 2.43. The number of hydrogen-bond donors (Lipinski definition) is 1. The largest absolute Gasteiger partial charge is 0.497 e. The maximum atomic E-state index is 5.90. The van der Waals surface area contributed by atoms with Crippen molar-refractivity contribution in [3.05, 3.63) is 102 Å². The number of nitrogens with one attached hydrogen (secondary N) is 1. The van der Waals surface area contributed by atoms with E-state index in [0.29, 0.717) is 5.11 Å². The first-order valence-electron chi connectivity index (χ1n) is 11.5. The van der Waals surface area contributed by atoms with Crippen LogP contribution in [0.4, 0.5) is 5.69 Å². The average molecular weight is 485 g/mol. The highest BCUT2D eigenvalue weighted by Crippen LogP contribution is 2.46. The predicted molar refractivity (Wildman–Crippen MR) is 143 cm³/mol. The van der Waals surface area contributed by atoms with Crippen molar-refractivity contribution in [2.24, 2.45) is 0 Å². The molecule has 7 heteroatoms. The molecule has 1 saturated heterocycles. The molecular formula is C28H28N4O2S. The second-order valence-electron chi connectivity index (χ2n) is 8.53. The van der Waals surface area contributed by atoms with Crippen molar-refractivity contribution in [2.45, 2.75) is 25.9 Å². The van der Waals surface area contributed by atoms with Gasteiger partial charge < -0.3 is 24.3 Å². The summed E-state index contributed by atoms with van der Waals surface area (Å²) < 4.78 is 13.3. The standard InChI is InChI=1S/C28H28N4O2S/c1-18-17-22(19(2)31(18)20-12-14-21(33-3)15-13-20)27-26(23-9-7-8-16-29-23)30-28(35)32(27)24-10-5-6-11-25(24)34-4/h5-17,26-27H,1-4H3,(H,30,35)/t26-,27-/m1/s1. The molecule has 178 valence electrons. The summed E-state index contributed by atoms with van der Waals surface area (Å²) in [5.74, 6) is 1.60. The number of ether oxygens (including phenoxy) is 2. The molecule has 4 aromatic rings. The molecule has 1 N–H and O–H groups in total. The molecular weight excluding hydrogens is 456 g/mol. The molecule has 0 bridgehead atoms. The van der Waals surface area contributed by atoms with Crippen LogP contribution < -0.4 is 19.7 Å². The lowest BCUT2D eigenvalue weighted by atomic mass is 9.96. The Kier molecular flexibility index (Phi) is 6.17. The molecule has 1 aliphatic heterocycles. The third kappa shape index (κ3) is 4.02. The third-order valence-corrected chi connectivity index (χ3v) is 6.88. The molecule has 0 unspecified atom stereocenters. The summed E-state index contributed by atoms with van der Waals surface area (Å²) in [5, 5.41) is 4.19. The summed E-state index contributed by atoms with van der Waals surface area (Å²) in [4.78, 5) is 6.84. The Morgan fingerprint density at radius 3 is 2.34 bits per heavy atom. The van der Waals surface area contributed by atoms with Crippen LogP contribution in [0.25, 0.3) is 5.69 Å². The van der Waals surface area contributed by atoms with Crippen molar-refractivity contribution >= 4 is 23.0 Å². The fraction of sp³-hybridized carbons (Fsp3) is 0.214. The number of aromatic nitrogens is 2. The number of hydrogen-bond acceptors (Lipinski definition) is 4. The summed E-state index contributed by atoms with van der Waals surface area (Å²) >= 11 is 5.90. The van der Waals surface area contributed by atoms with Crippen molar-refractivity contribution in [2.75, 3.05) is 19.1 Å². The fourth-order valence-corrected chi connectivity index (χ4v) is 5.31. The number of pyridine rings is 1. The van der Waals surface area contributed by atoms with Gasteiger partial charge in [-0.1, -0.05) is 18.2 Å². The third-order valence-electron chi connectivity index (χ3n) is 6.56. The molecule has 0 aliphatic carbocycles. The summed E-state index contributed by atoms with van der Waals surface area (Å²) in [6.07, 6.45) is 1.82. The van der Waals surface area contributed by atoms with Gasteiger partial charge in [0.1, 0.15) is 11.5 Å². The highest BCUT2D eigenvalue weighted by atomic mass is 32.1. The minimum atomic E-state index is -0.126. The monoisotopic (exact) mass is 484 g/mol. The Hall–Kier alpha value is -3.84. The van der Waals surface area contributed by atoms with Crippen LogP contribution >= 0.6 is 12.2 Å². The molecule has 5 rings (SSSR count). The van der Waals surface area contributed by atoms with Gasteiger partial charge in [-0.2, -0.15) is 0 Å². The second-order valence-corrected chi connectivity index (χ2v) is 8.92. The van der Waals surface area contributed by atoms with E-state index < -0.39 is 0 Å². The Morgan fingerprint density at radius 1 is 0.914 bits per heavy atom. The predicted octanol–water partition coefficient (Wildman–Crippen LogP) is 5.68. The highest BCUT2D eigenvalue weighted by molar-refractivity contribution is 7.80. The van der Waals surface area contributed by atoms with Crippen molar-refractivity contribution in [1.29, 1.82) is 0 Å². The Balaban J connectivity index is 1.68. The van der Waals surface area contributed by atoms with Gasteiger partial charge in [0.15, 0.2) is 5.11 Å². The fourth-order valence-electron chi connectivity index (χ4n) is 4.97. The maximum Gasteiger partial charge on any atom is 0.174 e. The van der Waals surface area contributed by atoms with Gasteiger partial charge in [-0.15, -0.1) is 0 Å². The number of thiocarbonyl (C=S) groups is 1. The quantitative estimate of drug-likeness (QED) is 0.355. The van der Waals surface area contributed by atoms with Crippen molar-refractivity contribution in [3.63, 3.8) is 0 Å². The lowest BCUT2D eigenvalue weighted by Crippen LogP contribution is -2.30. The molecule has 0 radical (unpaired) electrons. The first-order valence-corrected chi connectivity index (χ1v) is 11.9. The number of anilines is 1. The summed E-state index contributed by atoms with van der Waals surface area (Å²) in [5.41, 5.74) is 6.40. The van der Waals surface area contributed by atoms with Crippen LogP contribution in [0.1, 0.15) is 34.7 Å². The van der Waals surface area contributed by atoms with Crippen molar-refractivity contribution in [1.82, 2.24) is 14.9 Å². The smallest absolute Gasteiger partial charge is 0.174 e. The van der Waals surface area contributed by atoms with Gasteiger partial charge in [0, 0.05) is 23.3 Å². The van der Waals surface area contributed by atoms with Crippen LogP contribution in [0.5, 0.6) is 11.5 Å². The van der Waals surface area contributed by atoms with Crippen LogP contribution in [0, 0.1) is 13.8 Å². The molecule has 1 aliphatic rings. The van der Waals surface area contributed by atoms with E-state index in [2.05, 4.69) is 51.8 Å². The van der Waals surface area contributed by atoms with E-state index >= 15 is 0 Å². The molecule has 3 heterocycles. The minimum Gasteiger partial charge on any atom is -0.497 e. The van der Waals surface area contributed by atoms with E-state index in [1.54, 1.807) is 14.2 Å². The zero-order valence-electron chi connectivity index (χ0n) is 20.2. The van der Waals surface area contributed by atoms with Crippen LogP contribution in [-0.4, -0.2) is 28.9 Å². The Morgan fingerprint density at radius 2 is 1.66 bits per heavy atom. The van der Waals surface area contributed by atoms with Gasteiger partial charge in [-0.25, -0.2) is 0 Å². The van der Waals surface area contributed by atoms with Gasteiger partial charge in [-0.05, 0) is 86.2 Å². The number of aryl methyl sites for hydroxylation is 1. The number of para-hydroxylation sites is 2. The van der Waals surface area contributed by atoms with Gasteiger partial charge in [0.2, 0.25) is 0 Å². The Bertz CT molecular complexity index is 1350. The van der Waals surface area contributed by atoms with Crippen molar-refractivity contribution in [3.8, 4) is 17.2 Å². The van der Waals surface area contributed by atoms with E-state index in [9.17, 15) is 0 Å². The molecule has 2 aromatic heterocycles. The second kappa shape index (κ2) is 9.43. The van der Waals surface area contributed by atoms with Gasteiger partial charge in [0.05, 0.1) is 37.7 Å². The lowest BCUT2D eigenvalue weighted by molar-refractivity contribution is 0.414. The van der Waals surface area contributed by atoms with E-state index in [-0.39, 0.29) is 12.1 Å². The van der Waals surface area contributed by atoms with E-state index in [1.165, 1.54) is 5.56 Å². The van der Waals surface area contributed by atoms with Crippen molar-refractivity contribution < 1.29 is 9.47 Å².